The third-order valence-electron chi connectivity index (χ3n) is 5.44. The molecule has 1 N–H and O–H groups in total. The van der Waals surface area contributed by atoms with Crippen LogP contribution in [-0.2, 0) is 16.0 Å². The largest absolute Gasteiger partial charge is 0.321 e. The van der Waals surface area contributed by atoms with Gasteiger partial charge >= 0.3 is 0 Å². The fraction of sp³-hybridized carbons (Fsp3) is 0.115. The number of halogens is 1. The molecule has 10 heteroatoms. The van der Waals surface area contributed by atoms with Gasteiger partial charge < -0.3 is 5.32 Å². The van der Waals surface area contributed by atoms with Crippen molar-refractivity contribution in [2.75, 3.05) is 10.2 Å². The number of thioether (sulfide) groups is 1. The van der Waals surface area contributed by atoms with Gasteiger partial charge in [-0.1, -0.05) is 57.5 Å². The molecule has 0 bridgehead atoms. The van der Waals surface area contributed by atoms with Crippen LogP contribution in [0.4, 0.5) is 17.1 Å². The van der Waals surface area contributed by atoms with Crippen LogP contribution in [0.1, 0.15) is 11.1 Å². The molecule has 3 aromatic carbocycles. The van der Waals surface area contributed by atoms with E-state index >= 15 is 0 Å². The number of anilines is 2. The fourth-order valence-corrected chi connectivity index (χ4v) is 5.23. The standard InChI is InChI=1S/C26H19BrN4O4S/c1-16-5-11-20(12-6-16)30-25(33)23(14-17-3-2-4-21(13-17)31(34)35)36-26(30)22(15-28)24(32)29-19-9-7-18(27)8-10-19/h2-13,23H,14H2,1H3,(H,29,32)/b26-22-/t23-/m1/s1. The number of rotatable bonds is 6. The minimum absolute atomic E-state index is 0.0688. The summed E-state index contributed by atoms with van der Waals surface area (Å²) in [6.45, 7) is 1.92. The second-order valence-corrected chi connectivity index (χ2v) is 10.1. The SMILES string of the molecule is Cc1ccc(N2C(=O)[C@@H](Cc3cccc([N+](=O)[O-])c3)S/C2=C(/C#N)C(=O)Nc2ccc(Br)cc2)cc1. The van der Waals surface area contributed by atoms with Crippen molar-refractivity contribution in [3.05, 3.63) is 109 Å². The molecule has 1 saturated heterocycles. The fourth-order valence-electron chi connectivity index (χ4n) is 3.65. The maximum Gasteiger partial charge on any atom is 0.269 e. The number of nitro groups is 1. The average Bonchev–Trinajstić information content (AvgIpc) is 3.17. The Balaban J connectivity index is 1.72. The number of carbonyl (C=O) groups excluding carboxylic acids is 2. The Hall–Kier alpha value is -3.94. The van der Waals surface area contributed by atoms with Gasteiger partial charge in [-0.2, -0.15) is 5.26 Å². The minimum atomic E-state index is -0.674. The summed E-state index contributed by atoms with van der Waals surface area (Å²) in [6, 6.07) is 22.2. The third-order valence-corrected chi connectivity index (χ3v) is 7.23. The molecular formula is C26H19BrN4O4S. The number of hydrogen-bond acceptors (Lipinski definition) is 6. The van der Waals surface area contributed by atoms with Gasteiger partial charge in [-0.15, -0.1) is 0 Å². The molecule has 0 aromatic heterocycles. The molecule has 180 valence electrons. The van der Waals surface area contributed by atoms with E-state index in [1.54, 1.807) is 48.5 Å². The lowest BCUT2D eigenvalue weighted by Crippen LogP contribution is -2.30. The van der Waals surface area contributed by atoms with Gasteiger partial charge in [-0.25, -0.2) is 0 Å². The lowest BCUT2D eigenvalue weighted by molar-refractivity contribution is -0.384. The Kier molecular flexibility index (Phi) is 7.52. The average molecular weight is 563 g/mol. The van der Waals surface area contributed by atoms with Gasteiger partial charge in [-0.05, 0) is 55.3 Å². The van der Waals surface area contributed by atoms with Crippen LogP contribution in [0.25, 0.3) is 0 Å². The number of carbonyl (C=O) groups is 2. The van der Waals surface area contributed by atoms with Gasteiger partial charge in [0.2, 0.25) is 5.91 Å². The van der Waals surface area contributed by atoms with E-state index in [1.165, 1.54) is 17.0 Å². The molecule has 0 spiro atoms. The van der Waals surface area contributed by atoms with Gasteiger partial charge in [0.05, 0.1) is 10.2 Å². The number of amides is 2. The van der Waals surface area contributed by atoms with Gasteiger partial charge in [-0.3, -0.25) is 24.6 Å². The highest BCUT2D eigenvalue weighted by molar-refractivity contribution is 9.10. The summed E-state index contributed by atoms with van der Waals surface area (Å²) >= 11 is 4.44. The Bertz CT molecular complexity index is 1420. The molecule has 36 heavy (non-hydrogen) atoms. The van der Waals surface area contributed by atoms with Crippen molar-refractivity contribution in [3.8, 4) is 6.07 Å². The molecule has 1 aliphatic rings. The number of benzene rings is 3. The van der Waals surface area contributed by atoms with E-state index in [4.69, 9.17) is 0 Å². The van der Waals surface area contributed by atoms with Crippen molar-refractivity contribution in [3.63, 3.8) is 0 Å². The molecule has 3 aromatic rings. The number of nitriles is 1. The second-order valence-electron chi connectivity index (χ2n) is 8.00. The molecule has 1 aliphatic heterocycles. The quantitative estimate of drug-likeness (QED) is 0.177. The van der Waals surface area contributed by atoms with Crippen molar-refractivity contribution in [2.45, 2.75) is 18.6 Å². The summed E-state index contributed by atoms with van der Waals surface area (Å²) in [5, 5.41) is 23.4. The highest BCUT2D eigenvalue weighted by atomic mass is 79.9. The summed E-state index contributed by atoms with van der Waals surface area (Å²) in [5.41, 5.74) is 2.36. The maximum atomic E-state index is 13.6. The van der Waals surface area contributed by atoms with Gasteiger partial charge in [0.25, 0.3) is 11.6 Å². The van der Waals surface area contributed by atoms with Gasteiger partial charge in [0, 0.05) is 28.0 Å². The highest BCUT2D eigenvalue weighted by Crippen LogP contribution is 2.42. The van der Waals surface area contributed by atoms with Gasteiger partial charge in [0.15, 0.2) is 0 Å². The molecule has 2 amide bonds. The molecule has 1 atom stereocenters. The predicted molar refractivity (Wildman–Crippen MR) is 142 cm³/mol. The van der Waals surface area contributed by atoms with Crippen molar-refractivity contribution < 1.29 is 14.5 Å². The van der Waals surface area contributed by atoms with Crippen molar-refractivity contribution in [1.82, 2.24) is 0 Å². The lowest BCUT2D eigenvalue weighted by atomic mass is 10.1. The van der Waals surface area contributed by atoms with E-state index in [0.717, 1.165) is 21.8 Å². The molecule has 8 nitrogen and oxygen atoms in total. The number of aryl methyl sites for hydroxylation is 1. The Morgan fingerprint density at radius 3 is 2.50 bits per heavy atom. The van der Waals surface area contributed by atoms with Crippen LogP contribution in [0.3, 0.4) is 0 Å². The van der Waals surface area contributed by atoms with Crippen molar-refractivity contribution >= 4 is 56.6 Å². The molecule has 0 radical (unpaired) electrons. The topological polar surface area (TPSA) is 116 Å². The van der Waals surface area contributed by atoms with E-state index in [0.29, 0.717) is 16.9 Å². The first-order chi connectivity index (χ1) is 17.3. The zero-order chi connectivity index (χ0) is 25.8. The zero-order valence-electron chi connectivity index (χ0n) is 19.0. The molecule has 0 unspecified atom stereocenters. The maximum absolute atomic E-state index is 13.6. The van der Waals surface area contributed by atoms with Gasteiger partial charge in [0.1, 0.15) is 16.7 Å². The highest BCUT2D eigenvalue weighted by Gasteiger charge is 2.41. The smallest absolute Gasteiger partial charge is 0.269 e. The van der Waals surface area contributed by atoms with Crippen LogP contribution in [0, 0.1) is 28.4 Å². The first-order valence-corrected chi connectivity index (χ1v) is 12.5. The minimum Gasteiger partial charge on any atom is -0.321 e. The normalized spacial score (nSPS) is 16.4. The number of nitrogens with zero attached hydrogens (tertiary/aromatic N) is 3. The van der Waals surface area contributed by atoms with Crippen LogP contribution in [0.15, 0.2) is 87.9 Å². The van der Waals surface area contributed by atoms with Crippen LogP contribution in [-0.4, -0.2) is 22.0 Å². The summed E-state index contributed by atoms with van der Waals surface area (Å²) in [5.74, 6) is -0.946. The third kappa shape index (κ3) is 5.48. The van der Waals surface area contributed by atoms with E-state index in [-0.39, 0.29) is 28.6 Å². The zero-order valence-corrected chi connectivity index (χ0v) is 21.4. The molecule has 0 aliphatic carbocycles. The summed E-state index contributed by atoms with van der Waals surface area (Å²) in [4.78, 5) is 38.7. The molecule has 4 rings (SSSR count). The Labute approximate surface area is 219 Å². The van der Waals surface area contributed by atoms with Crippen LogP contribution >= 0.6 is 27.7 Å². The number of nitrogens with one attached hydrogen (secondary N) is 1. The number of nitro benzene ring substituents is 1. The van der Waals surface area contributed by atoms with Crippen LogP contribution in [0.2, 0.25) is 0 Å². The summed E-state index contributed by atoms with van der Waals surface area (Å²) in [6.07, 6.45) is 0.198. The predicted octanol–water partition coefficient (Wildman–Crippen LogP) is 5.73. The van der Waals surface area contributed by atoms with Crippen molar-refractivity contribution in [2.24, 2.45) is 0 Å². The Morgan fingerprint density at radius 2 is 1.86 bits per heavy atom. The van der Waals surface area contributed by atoms with E-state index in [2.05, 4.69) is 21.2 Å². The number of hydrogen-bond donors (Lipinski definition) is 1. The Morgan fingerprint density at radius 1 is 1.17 bits per heavy atom. The van der Waals surface area contributed by atoms with E-state index < -0.39 is 16.1 Å². The summed E-state index contributed by atoms with van der Waals surface area (Å²) in [7, 11) is 0. The molecule has 1 heterocycles. The first-order valence-electron chi connectivity index (χ1n) is 10.8. The van der Waals surface area contributed by atoms with Crippen LogP contribution < -0.4 is 10.2 Å². The van der Waals surface area contributed by atoms with Crippen molar-refractivity contribution in [1.29, 1.82) is 5.26 Å². The summed E-state index contributed by atoms with van der Waals surface area (Å²) < 4.78 is 0.839. The molecule has 0 saturated carbocycles. The lowest BCUT2D eigenvalue weighted by Gasteiger charge is -2.19. The molecule has 1 fully saturated rings. The second kappa shape index (κ2) is 10.8. The van der Waals surface area contributed by atoms with E-state index in [9.17, 15) is 25.0 Å². The number of non-ortho nitro benzene ring substituents is 1. The van der Waals surface area contributed by atoms with E-state index in [1.807, 2.05) is 25.1 Å². The first kappa shape index (κ1) is 25.2. The monoisotopic (exact) mass is 562 g/mol. The molecular weight excluding hydrogens is 544 g/mol. The van der Waals surface area contributed by atoms with Crippen LogP contribution in [0.5, 0.6) is 0 Å².